The minimum Gasteiger partial charge on any atom is -0.369 e. The first-order chi connectivity index (χ1) is 7.66. The van der Waals surface area contributed by atoms with Gasteiger partial charge in [-0.05, 0) is 6.92 Å². The van der Waals surface area contributed by atoms with Crippen LogP contribution < -0.4 is 4.90 Å². The zero-order valence-corrected chi connectivity index (χ0v) is 8.99. The number of urea groups is 1. The highest BCUT2D eigenvalue weighted by Gasteiger charge is 2.45. The number of aromatic nitrogens is 3. The lowest BCUT2D eigenvalue weighted by molar-refractivity contribution is -0.0689. The van der Waals surface area contributed by atoms with Crippen molar-refractivity contribution < 1.29 is 14.6 Å². The summed E-state index contributed by atoms with van der Waals surface area (Å²) in [6.07, 6.45) is -0.517. The molecule has 1 aromatic rings. The van der Waals surface area contributed by atoms with E-state index in [0.29, 0.717) is 6.61 Å². The average Bonchev–Trinajstić information content (AvgIpc) is 2.83. The number of rotatable bonds is 3. The number of amides is 2. The van der Waals surface area contributed by atoms with Gasteiger partial charge in [-0.2, -0.15) is 10.1 Å². The van der Waals surface area contributed by atoms with Crippen molar-refractivity contribution in [3.8, 4) is 0 Å². The highest BCUT2D eigenvalue weighted by atomic mass is 16.5. The van der Waals surface area contributed by atoms with Gasteiger partial charge in [0.15, 0.2) is 12.5 Å². The van der Waals surface area contributed by atoms with Gasteiger partial charge in [-0.25, -0.2) is 14.8 Å². The number of aliphatic hydroxyl groups excluding tert-OH is 1. The highest BCUT2D eigenvalue weighted by molar-refractivity contribution is 5.92. The Labute approximate surface area is 91.8 Å². The maximum Gasteiger partial charge on any atom is 0.331 e. The number of nitrogens with zero attached hydrogens (tertiary/aromatic N) is 4. The van der Waals surface area contributed by atoms with E-state index < -0.39 is 12.5 Å². The van der Waals surface area contributed by atoms with E-state index in [9.17, 15) is 9.90 Å². The maximum absolute atomic E-state index is 11.8. The van der Waals surface area contributed by atoms with Gasteiger partial charge in [0.2, 0.25) is 5.95 Å². The third-order valence-electron chi connectivity index (χ3n) is 2.38. The number of likely N-dealkylation sites (N-methyl/N-ethyl adjacent to an activating group) is 1. The molecule has 1 aliphatic rings. The summed E-state index contributed by atoms with van der Waals surface area (Å²) in [7, 11) is 1.56. The lowest BCUT2D eigenvalue weighted by atomic mass is 10.5. The van der Waals surface area contributed by atoms with Crippen LogP contribution >= 0.6 is 0 Å². The van der Waals surface area contributed by atoms with Gasteiger partial charge >= 0.3 is 6.03 Å². The number of ether oxygens (including phenoxy) is 1. The molecule has 1 aliphatic heterocycles. The molecule has 1 saturated heterocycles. The monoisotopic (exact) mass is 227 g/mol. The second kappa shape index (κ2) is 4.06. The second-order valence-corrected chi connectivity index (χ2v) is 3.33. The molecule has 2 N–H and O–H groups in total. The summed E-state index contributed by atoms with van der Waals surface area (Å²) in [6, 6.07) is -0.386. The van der Waals surface area contributed by atoms with Crippen LogP contribution in [0, 0.1) is 0 Å². The largest absolute Gasteiger partial charge is 0.369 e. The van der Waals surface area contributed by atoms with Crippen LogP contribution in [0.25, 0.3) is 0 Å². The van der Waals surface area contributed by atoms with Crippen molar-refractivity contribution in [2.75, 3.05) is 18.6 Å². The van der Waals surface area contributed by atoms with Crippen LogP contribution in [0.15, 0.2) is 6.33 Å². The first-order valence-electron chi connectivity index (χ1n) is 4.88. The Balaban J connectivity index is 2.25. The summed E-state index contributed by atoms with van der Waals surface area (Å²) in [5.41, 5.74) is 0. The van der Waals surface area contributed by atoms with Gasteiger partial charge in [-0.3, -0.25) is 4.90 Å². The van der Waals surface area contributed by atoms with E-state index >= 15 is 0 Å². The third-order valence-corrected chi connectivity index (χ3v) is 2.38. The Morgan fingerprint density at radius 2 is 2.44 bits per heavy atom. The predicted octanol–water partition coefficient (Wildman–Crippen LogP) is -0.643. The topological polar surface area (TPSA) is 94.6 Å². The molecule has 16 heavy (non-hydrogen) atoms. The number of nitrogens with one attached hydrogen (secondary N) is 1. The number of aliphatic hydroxyl groups is 1. The number of H-pyrrole nitrogens is 1. The molecule has 8 heteroatoms. The summed E-state index contributed by atoms with van der Waals surface area (Å²) in [4.78, 5) is 18.1. The van der Waals surface area contributed by atoms with Crippen LogP contribution in [-0.2, 0) is 4.74 Å². The fraction of sp³-hybridized carbons (Fsp3) is 0.625. The number of hydrogen-bond donors (Lipinski definition) is 2. The van der Waals surface area contributed by atoms with Crippen LogP contribution in [0.4, 0.5) is 10.7 Å². The van der Waals surface area contributed by atoms with Crippen LogP contribution in [0.1, 0.15) is 6.92 Å². The fourth-order valence-electron chi connectivity index (χ4n) is 1.62. The molecule has 0 bridgehead atoms. The highest BCUT2D eigenvalue weighted by Crippen LogP contribution is 2.24. The number of hydrogen-bond acceptors (Lipinski definition) is 5. The van der Waals surface area contributed by atoms with Crippen LogP contribution in [0.3, 0.4) is 0 Å². The molecular weight excluding hydrogens is 214 g/mol. The van der Waals surface area contributed by atoms with Gasteiger partial charge in [-0.15, -0.1) is 0 Å². The molecule has 0 radical (unpaired) electrons. The van der Waals surface area contributed by atoms with Gasteiger partial charge in [0.1, 0.15) is 6.33 Å². The Morgan fingerprint density at radius 1 is 1.69 bits per heavy atom. The first-order valence-corrected chi connectivity index (χ1v) is 4.88. The quantitative estimate of drug-likeness (QED) is 0.716. The average molecular weight is 227 g/mol. The van der Waals surface area contributed by atoms with Crippen molar-refractivity contribution in [3.63, 3.8) is 0 Å². The van der Waals surface area contributed by atoms with Crippen molar-refractivity contribution in [3.05, 3.63) is 6.33 Å². The van der Waals surface area contributed by atoms with E-state index in [-0.39, 0.29) is 12.0 Å². The molecule has 0 spiro atoms. The standard InChI is InChI=1S/C8H13N5O3/c1-3-16-6-5(14)13(8(15)12(6)2)7-9-4-10-11-7/h4-6,14H,3H2,1-2H3,(H,9,10,11). The third kappa shape index (κ3) is 1.51. The van der Waals surface area contributed by atoms with E-state index in [1.165, 1.54) is 11.2 Å². The molecule has 0 aliphatic carbocycles. The number of carbonyl (C=O) groups is 1. The smallest absolute Gasteiger partial charge is 0.331 e. The molecule has 0 saturated carbocycles. The first kappa shape index (κ1) is 10.8. The van der Waals surface area contributed by atoms with Gasteiger partial charge in [-0.1, -0.05) is 0 Å². The zero-order chi connectivity index (χ0) is 11.7. The Hall–Kier alpha value is -1.67. The zero-order valence-electron chi connectivity index (χ0n) is 8.99. The van der Waals surface area contributed by atoms with E-state index in [1.807, 2.05) is 0 Å². The lowest BCUT2D eigenvalue weighted by Gasteiger charge is -2.20. The molecule has 8 nitrogen and oxygen atoms in total. The lowest BCUT2D eigenvalue weighted by Crippen LogP contribution is -2.38. The number of carbonyl (C=O) groups excluding carboxylic acids is 1. The Kier molecular flexibility index (Phi) is 2.75. The molecule has 0 aromatic carbocycles. The van der Waals surface area contributed by atoms with Crippen LogP contribution in [0.5, 0.6) is 0 Å². The van der Waals surface area contributed by atoms with Crippen LogP contribution in [-0.4, -0.2) is 57.3 Å². The minimum absolute atomic E-state index is 0.201. The second-order valence-electron chi connectivity index (χ2n) is 3.33. The van der Waals surface area contributed by atoms with Crippen molar-refractivity contribution in [2.24, 2.45) is 0 Å². The van der Waals surface area contributed by atoms with Gasteiger partial charge < -0.3 is 9.84 Å². The minimum atomic E-state index is -1.09. The number of anilines is 1. The molecule has 2 unspecified atom stereocenters. The molecule has 2 rings (SSSR count). The van der Waals surface area contributed by atoms with Crippen molar-refractivity contribution >= 4 is 12.0 Å². The SMILES string of the molecule is CCOC1C(O)N(c2ncn[nH]2)C(=O)N1C. The van der Waals surface area contributed by atoms with Gasteiger partial charge in [0, 0.05) is 13.7 Å². The number of aromatic amines is 1. The molecule has 2 amide bonds. The Bertz CT molecular complexity index is 368. The van der Waals surface area contributed by atoms with E-state index in [2.05, 4.69) is 15.2 Å². The molecule has 2 heterocycles. The van der Waals surface area contributed by atoms with Gasteiger partial charge in [0.25, 0.3) is 0 Å². The van der Waals surface area contributed by atoms with Crippen molar-refractivity contribution in [1.82, 2.24) is 20.1 Å². The summed E-state index contributed by atoms with van der Waals surface area (Å²) in [5, 5.41) is 16.1. The van der Waals surface area contributed by atoms with Crippen molar-refractivity contribution in [1.29, 1.82) is 0 Å². The molecule has 2 atom stereocenters. The van der Waals surface area contributed by atoms with Gasteiger partial charge in [0.05, 0.1) is 0 Å². The molecular formula is C8H13N5O3. The predicted molar refractivity (Wildman–Crippen MR) is 53.4 cm³/mol. The van der Waals surface area contributed by atoms with E-state index in [0.717, 1.165) is 4.90 Å². The van der Waals surface area contributed by atoms with E-state index in [1.54, 1.807) is 14.0 Å². The molecule has 1 fully saturated rings. The summed E-state index contributed by atoms with van der Waals surface area (Å²) >= 11 is 0. The maximum atomic E-state index is 11.8. The fourth-order valence-corrected chi connectivity index (χ4v) is 1.62. The summed E-state index contributed by atoms with van der Waals surface area (Å²) < 4.78 is 5.28. The normalized spacial score (nSPS) is 25.6. The molecule has 1 aromatic heterocycles. The summed E-state index contributed by atoms with van der Waals surface area (Å²) in [5.74, 6) is 0.201. The van der Waals surface area contributed by atoms with Crippen LogP contribution in [0.2, 0.25) is 0 Å². The summed E-state index contributed by atoms with van der Waals surface area (Å²) in [6.45, 7) is 2.20. The molecule has 88 valence electrons. The Morgan fingerprint density at radius 3 is 3.00 bits per heavy atom. The van der Waals surface area contributed by atoms with E-state index in [4.69, 9.17) is 4.74 Å². The van der Waals surface area contributed by atoms with Crippen molar-refractivity contribution in [2.45, 2.75) is 19.4 Å².